The van der Waals surface area contributed by atoms with Crippen molar-refractivity contribution < 1.29 is 14.6 Å². The fourth-order valence-corrected chi connectivity index (χ4v) is 1.77. The van der Waals surface area contributed by atoms with Crippen LogP contribution in [0.15, 0.2) is 18.2 Å². The van der Waals surface area contributed by atoms with E-state index in [2.05, 4.69) is 12.2 Å². The van der Waals surface area contributed by atoms with Crippen LogP contribution in [0.1, 0.15) is 25.8 Å². The van der Waals surface area contributed by atoms with Crippen molar-refractivity contribution in [1.29, 1.82) is 0 Å². The highest BCUT2D eigenvalue weighted by Crippen LogP contribution is 2.26. The van der Waals surface area contributed by atoms with Gasteiger partial charge < -0.3 is 15.2 Å². The summed E-state index contributed by atoms with van der Waals surface area (Å²) in [5.74, 6) is 0.103. The van der Waals surface area contributed by atoms with Crippen molar-refractivity contribution >= 4 is 11.7 Å². The van der Waals surface area contributed by atoms with Gasteiger partial charge in [0.1, 0.15) is 5.75 Å². The number of nitrogens with one attached hydrogen (secondary N) is 1. The van der Waals surface area contributed by atoms with Crippen LogP contribution in [0.3, 0.4) is 0 Å². The van der Waals surface area contributed by atoms with Crippen LogP contribution in [0.4, 0.5) is 5.69 Å². The van der Waals surface area contributed by atoms with Crippen LogP contribution in [0.2, 0.25) is 0 Å². The number of ether oxygens (including phenoxy) is 1. The minimum atomic E-state index is -0.765. The Kier molecular flexibility index (Phi) is 5.49. The molecule has 100 valence electrons. The molecule has 1 rings (SSSR count). The molecule has 18 heavy (non-hydrogen) atoms. The van der Waals surface area contributed by atoms with E-state index in [9.17, 15) is 4.79 Å². The number of anilines is 1. The Hall–Kier alpha value is -1.71. The largest absolute Gasteiger partial charge is 0.495 e. The van der Waals surface area contributed by atoms with Gasteiger partial charge in [-0.05, 0) is 30.0 Å². The van der Waals surface area contributed by atoms with E-state index in [0.717, 1.165) is 17.9 Å². The monoisotopic (exact) mass is 251 g/mol. The average molecular weight is 251 g/mol. The lowest BCUT2D eigenvalue weighted by atomic mass is 10.1. The summed E-state index contributed by atoms with van der Waals surface area (Å²) < 4.78 is 5.28. The molecule has 0 fully saturated rings. The van der Waals surface area contributed by atoms with E-state index in [-0.39, 0.29) is 12.3 Å². The van der Waals surface area contributed by atoms with Crippen molar-refractivity contribution in [2.75, 3.05) is 19.0 Å². The van der Waals surface area contributed by atoms with Crippen LogP contribution in [-0.4, -0.2) is 24.7 Å². The zero-order valence-electron chi connectivity index (χ0n) is 11.2. The Morgan fingerprint density at radius 2 is 2.22 bits per heavy atom. The van der Waals surface area contributed by atoms with Crippen LogP contribution in [-0.2, 0) is 11.2 Å². The zero-order chi connectivity index (χ0) is 13.5. The van der Waals surface area contributed by atoms with Crippen LogP contribution >= 0.6 is 0 Å². The van der Waals surface area contributed by atoms with Crippen LogP contribution in [0.25, 0.3) is 0 Å². The van der Waals surface area contributed by atoms with E-state index < -0.39 is 5.97 Å². The first-order valence-corrected chi connectivity index (χ1v) is 6.19. The standard InChI is InChI=1S/C14H21NO3/c1-4-11-5-6-13(18-3)12(8-11)15-9-10(2)7-14(16)17/h5-6,8,10,15H,4,7,9H2,1-3H3,(H,16,17). The maximum atomic E-state index is 10.6. The fourth-order valence-electron chi connectivity index (χ4n) is 1.77. The molecule has 0 aromatic heterocycles. The Morgan fingerprint density at radius 1 is 1.50 bits per heavy atom. The number of benzene rings is 1. The summed E-state index contributed by atoms with van der Waals surface area (Å²) >= 11 is 0. The number of carboxylic acids is 1. The van der Waals surface area contributed by atoms with Crippen LogP contribution in [0.5, 0.6) is 5.75 Å². The second-order valence-corrected chi connectivity index (χ2v) is 4.47. The molecule has 1 unspecified atom stereocenters. The van der Waals surface area contributed by atoms with Crippen LogP contribution < -0.4 is 10.1 Å². The predicted molar refractivity (Wildman–Crippen MR) is 72.3 cm³/mol. The van der Waals surface area contributed by atoms with Gasteiger partial charge in [0.05, 0.1) is 12.8 Å². The molecule has 0 amide bonds. The molecule has 4 heteroatoms. The molecule has 2 N–H and O–H groups in total. The molecule has 0 radical (unpaired) electrons. The molecule has 0 aliphatic heterocycles. The molecule has 0 saturated carbocycles. The summed E-state index contributed by atoms with van der Waals surface area (Å²) in [7, 11) is 1.63. The van der Waals surface area contributed by atoms with Crippen molar-refractivity contribution in [2.24, 2.45) is 5.92 Å². The summed E-state index contributed by atoms with van der Waals surface area (Å²) in [6.07, 6.45) is 1.13. The molecule has 1 atom stereocenters. The molecule has 0 aliphatic rings. The van der Waals surface area contributed by atoms with Gasteiger partial charge >= 0.3 is 5.97 Å². The first-order valence-electron chi connectivity index (χ1n) is 6.19. The number of rotatable bonds is 7. The van der Waals surface area contributed by atoms with E-state index >= 15 is 0 Å². The molecular weight excluding hydrogens is 230 g/mol. The summed E-state index contributed by atoms with van der Waals surface area (Å²) in [6.45, 7) is 4.63. The van der Waals surface area contributed by atoms with Gasteiger partial charge in [-0.25, -0.2) is 0 Å². The summed E-state index contributed by atoms with van der Waals surface area (Å²) in [5, 5.41) is 12.0. The number of carbonyl (C=O) groups is 1. The molecule has 1 aromatic rings. The molecular formula is C14H21NO3. The lowest BCUT2D eigenvalue weighted by molar-refractivity contribution is -0.137. The third-order valence-electron chi connectivity index (χ3n) is 2.84. The van der Waals surface area contributed by atoms with Gasteiger partial charge in [-0.1, -0.05) is 19.9 Å². The summed E-state index contributed by atoms with van der Waals surface area (Å²) in [6, 6.07) is 6.01. The first kappa shape index (κ1) is 14.4. The minimum absolute atomic E-state index is 0.0810. The number of aliphatic carboxylic acids is 1. The SMILES string of the molecule is CCc1ccc(OC)c(NCC(C)CC(=O)O)c1. The van der Waals surface area contributed by atoms with Crippen molar-refractivity contribution in [3.8, 4) is 5.75 Å². The maximum Gasteiger partial charge on any atom is 0.303 e. The van der Waals surface area contributed by atoms with E-state index in [1.165, 1.54) is 5.56 Å². The maximum absolute atomic E-state index is 10.6. The van der Waals surface area contributed by atoms with E-state index in [4.69, 9.17) is 9.84 Å². The summed E-state index contributed by atoms with van der Waals surface area (Å²) in [5.41, 5.74) is 2.15. The Labute approximate surface area is 108 Å². The smallest absolute Gasteiger partial charge is 0.303 e. The van der Waals surface area contributed by atoms with Gasteiger partial charge in [0.2, 0.25) is 0 Å². The zero-order valence-corrected chi connectivity index (χ0v) is 11.2. The lowest BCUT2D eigenvalue weighted by Gasteiger charge is -2.15. The molecule has 0 bridgehead atoms. The highest BCUT2D eigenvalue weighted by molar-refractivity contribution is 5.67. The van der Waals surface area contributed by atoms with Gasteiger partial charge in [0.15, 0.2) is 0 Å². The van der Waals surface area contributed by atoms with Crippen LogP contribution in [0, 0.1) is 5.92 Å². The van der Waals surface area contributed by atoms with E-state index in [0.29, 0.717) is 6.54 Å². The minimum Gasteiger partial charge on any atom is -0.495 e. The molecule has 0 spiro atoms. The second-order valence-electron chi connectivity index (χ2n) is 4.47. The van der Waals surface area contributed by atoms with Gasteiger partial charge in [-0.2, -0.15) is 0 Å². The molecule has 4 nitrogen and oxygen atoms in total. The topological polar surface area (TPSA) is 58.6 Å². The number of methoxy groups -OCH3 is 1. The van der Waals surface area contributed by atoms with Gasteiger partial charge in [-0.15, -0.1) is 0 Å². The number of carboxylic acid groups (broad SMARTS) is 1. The number of aryl methyl sites for hydroxylation is 1. The predicted octanol–water partition coefficient (Wildman–Crippen LogP) is 2.78. The first-order chi connectivity index (χ1) is 8.56. The number of hydrogen-bond donors (Lipinski definition) is 2. The van der Waals surface area contributed by atoms with Gasteiger partial charge in [0, 0.05) is 13.0 Å². The normalized spacial score (nSPS) is 11.9. The van der Waals surface area contributed by atoms with E-state index in [1.54, 1.807) is 7.11 Å². The molecule has 0 saturated heterocycles. The number of hydrogen-bond acceptors (Lipinski definition) is 3. The highest BCUT2D eigenvalue weighted by Gasteiger charge is 2.09. The molecule has 0 heterocycles. The van der Waals surface area contributed by atoms with Crippen molar-refractivity contribution in [3.05, 3.63) is 23.8 Å². The van der Waals surface area contributed by atoms with Crippen molar-refractivity contribution in [3.63, 3.8) is 0 Å². The fraction of sp³-hybridized carbons (Fsp3) is 0.500. The Balaban J connectivity index is 2.67. The summed E-state index contributed by atoms with van der Waals surface area (Å²) in [4.78, 5) is 10.6. The highest BCUT2D eigenvalue weighted by atomic mass is 16.5. The third-order valence-corrected chi connectivity index (χ3v) is 2.84. The average Bonchev–Trinajstić information content (AvgIpc) is 2.35. The van der Waals surface area contributed by atoms with E-state index in [1.807, 2.05) is 25.1 Å². The molecule has 1 aromatic carbocycles. The molecule has 0 aliphatic carbocycles. The second kappa shape index (κ2) is 6.89. The van der Waals surface area contributed by atoms with Crippen molar-refractivity contribution in [1.82, 2.24) is 0 Å². The van der Waals surface area contributed by atoms with Gasteiger partial charge in [0.25, 0.3) is 0 Å². The quantitative estimate of drug-likeness (QED) is 0.782. The third kappa shape index (κ3) is 4.28. The Morgan fingerprint density at radius 3 is 2.78 bits per heavy atom. The van der Waals surface area contributed by atoms with Gasteiger partial charge in [-0.3, -0.25) is 4.79 Å². The Bertz CT molecular complexity index is 404. The van der Waals surface area contributed by atoms with Crippen molar-refractivity contribution in [2.45, 2.75) is 26.7 Å². The lowest BCUT2D eigenvalue weighted by Crippen LogP contribution is -2.15.